The smallest absolute Gasteiger partial charge is 0.408 e. The maximum atomic E-state index is 13.0. The Bertz CT molecular complexity index is 739. The van der Waals surface area contributed by atoms with Gasteiger partial charge < -0.3 is 25.8 Å². The lowest BCUT2D eigenvalue weighted by molar-refractivity contribution is -0.151. The third-order valence-corrected chi connectivity index (χ3v) is 4.77. The molecule has 0 spiro atoms. The molecule has 3 amide bonds. The van der Waals surface area contributed by atoms with E-state index in [4.69, 9.17) is 9.84 Å². The van der Waals surface area contributed by atoms with Crippen LogP contribution in [0.1, 0.15) is 67.7 Å². The van der Waals surface area contributed by atoms with E-state index in [0.29, 0.717) is 6.42 Å². The Balaban J connectivity index is 5.69. The summed E-state index contributed by atoms with van der Waals surface area (Å²) in [6, 6.07) is -4.29. The minimum atomic E-state index is -3.04. The molecule has 2 unspecified atom stereocenters. The van der Waals surface area contributed by atoms with Crippen LogP contribution in [0.5, 0.6) is 0 Å². The highest BCUT2D eigenvalue weighted by atomic mass is 19.3. The summed E-state index contributed by atoms with van der Waals surface area (Å²) in [4.78, 5) is 60.7. The highest BCUT2D eigenvalue weighted by molar-refractivity contribution is 6.35. The average Bonchev–Trinajstić information content (AvgIpc) is 2.67. The number of alkyl carbamates (subject to hydrolysis) is 1. The number of amides is 3. The number of nitrogens with one attached hydrogen (secondary N) is 3. The van der Waals surface area contributed by atoms with Gasteiger partial charge in [-0.3, -0.25) is 14.4 Å². The number of ketones is 1. The van der Waals surface area contributed by atoms with Crippen LogP contribution in [-0.2, 0) is 23.9 Å². The number of carbonyl (C=O) groups is 5. The zero-order chi connectivity index (χ0) is 26.8. The van der Waals surface area contributed by atoms with E-state index in [1.807, 2.05) is 5.32 Å². The number of ether oxygens (including phenoxy) is 1. The number of carbonyl (C=O) groups excluding carboxylic acids is 4. The monoisotopic (exact) mass is 493 g/mol. The topological polar surface area (TPSA) is 151 Å². The van der Waals surface area contributed by atoms with Crippen LogP contribution in [0.4, 0.5) is 13.6 Å². The van der Waals surface area contributed by atoms with Crippen LogP contribution in [0.3, 0.4) is 0 Å². The second kappa shape index (κ2) is 13.8. The maximum Gasteiger partial charge on any atom is 0.408 e. The van der Waals surface area contributed by atoms with Crippen LogP contribution < -0.4 is 16.0 Å². The molecule has 0 aliphatic rings. The Morgan fingerprint density at radius 3 is 1.82 bits per heavy atom. The summed E-state index contributed by atoms with van der Waals surface area (Å²) >= 11 is 0. The molecule has 0 heterocycles. The first kappa shape index (κ1) is 31.2. The van der Waals surface area contributed by atoms with Gasteiger partial charge in [0.2, 0.25) is 18.2 Å². The van der Waals surface area contributed by atoms with Crippen LogP contribution in [0.25, 0.3) is 0 Å². The molecule has 12 heteroatoms. The van der Waals surface area contributed by atoms with Crippen molar-refractivity contribution in [3.8, 4) is 0 Å². The third kappa shape index (κ3) is 11.9. The molecule has 34 heavy (non-hydrogen) atoms. The fraction of sp³-hybridized carbons (Fsp3) is 0.773. The molecule has 0 aromatic heterocycles. The van der Waals surface area contributed by atoms with Gasteiger partial charge in [-0.05, 0) is 39.0 Å². The van der Waals surface area contributed by atoms with Crippen molar-refractivity contribution in [3.63, 3.8) is 0 Å². The lowest BCUT2D eigenvalue weighted by Crippen LogP contribution is -2.58. The van der Waals surface area contributed by atoms with Crippen LogP contribution in [0.15, 0.2) is 0 Å². The fourth-order valence-corrected chi connectivity index (χ4v) is 2.93. The molecule has 0 aromatic rings. The molecule has 0 saturated carbocycles. The molecule has 0 aliphatic carbocycles. The number of rotatable bonds is 13. The van der Waals surface area contributed by atoms with Crippen molar-refractivity contribution in [3.05, 3.63) is 0 Å². The van der Waals surface area contributed by atoms with Crippen molar-refractivity contribution < 1.29 is 42.6 Å². The maximum absolute atomic E-state index is 13.0. The number of Topliss-reactive ketones (excluding diaryl/α,β-unsaturated/α-hetero) is 1. The van der Waals surface area contributed by atoms with Crippen molar-refractivity contribution >= 4 is 29.7 Å². The molecule has 0 radical (unpaired) electrons. The van der Waals surface area contributed by atoms with Crippen molar-refractivity contribution in [2.45, 2.75) is 97.9 Å². The Kier molecular flexibility index (Phi) is 12.7. The summed E-state index contributed by atoms with van der Waals surface area (Å²) in [7, 11) is 0. The highest BCUT2D eigenvalue weighted by Crippen LogP contribution is 2.14. The molecule has 4 atom stereocenters. The number of hydrogen-bond donors (Lipinski definition) is 4. The van der Waals surface area contributed by atoms with E-state index < -0.39 is 66.2 Å². The number of carboxylic acids is 1. The average molecular weight is 494 g/mol. The van der Waals surface area contributed by atoms with E-state index in [0.717, 1.165) is 0 Å². The summed E-state index contributed by atoms with van der Waals surface area (Å²) in [5.41, 5.74) is -0.809. The van der Waals surface area contributed by atoms with E-state index in [1.54, 1.807) is 48.5 Å². The van der Waals surface area contributed by atoms with Crippen molar-refractivity contribution in [2.75, 3.05) is 0 Å². The SMILES string of the molecule is CCC(C)[C@H](NC(=O)OC(C)(C)C)C(=O)N[C@@H](CC(C)C)C(=O)NC(CC(F)F)C(=O)C(=O)O. The van der Waals surface area contributed by atoms with Gasteiger partial charge in [0.05, 0.1) is 0 Å². The molecule has 0 fully saturated rings. The van der Waals surface area contributed by atoms with E-state index in [9.17, 15) is 32.8 Å². The minimum Gasteiger partial charge on any atom is -0.475 e. The number of hydrogen-bond acceptors (Lipinski definition) is 6. The van der Waals surface area contributed by atoms with Gasteiger partial charge in [0.25, 0.3) is 5.78 Å². The minimum absolute atomic E-state index is 0.0693. The Hall–Kier alpha value is -2.79. The van der Waals surface area contributed by atoms with E-state index >= 15 is 0 Å². The quantitative estimate of drug-likeness (QED) is 0.287. The van der Waals surface area contributed by atoms with Crippen molar-refractivity contribution in [2.24, 2.45) is 11.8 Å². The van der Waals surface area contributed by atoms with E-state index in [1.165, 1.54) is 0 Å². The summed E-state index contributed by atoms with van der Waals surface area (Å²) in [6.07, 6.45) is -4.49. The van der Waals surface area contributed by atoms with Gasteiger partial charge in [0, 0.05) is 6.42 Å². The first-order valence-electron chi connectivity index (χ1n) is 11.1. The predicted octanol–water partition coefficient (Wildman–Crippen LogP) is 2.25. The number of halogens is 2. The highest BCUT2D eigenvalue weighted by Gasteiger charge is 2.35. The molecular weight excluding hydrogens is 456 g/mol. The number of aliphatic carboxylic acids is 1. The third-order valence-electron chi connectivity index (χ3n) is 4.77. The first-order chi connectivity index (χ1) is 15.5. The Morgan fingerprint density at radius 1 is 0.882 bits per heavy atom. The zero-order valence-electron chi connectivity index (χ0n) is 20.7. The summed E-state index contributed by atoms with van der Waals surface area (Å²) < 4.78 is 30.9. The van der Waals surface area contributed by atoms with Gasteiger partial charge in [0.1, 0.15) is 23.7 Å². The van der Waals surface area contributed by atoms with Gasteiger partial charge in [-0.15, -0.1) is 0 Å². The summed E-state index contributed by atoms with van der Waals surface area (Å²) in [5, 5.41) is 15.9. The molecule has 4 N–H and O–H groups in total. The standard InChI is InChI=1S/C22H37F2N3O7/c1-8-12(4)16(27-21(33)34-22(5,6)7)19(30)26-14(9-11(2)3)18(29)25-13(10-15(23)24)17(28)20(31)32/h11-16H,8-10H2,1-7H3,(H,25,29)(H,26,30)(H,27,33)(H,31,32)/t12?,13?,14-,16-/m0/s1. The molecule has 10 nitrogen and oxygen atoms in total. The van der Waals surface area contributed by atoms with E-state index in [2.05, 4.69) is 10.6 Å². The number of alkyl halides is 2. The van der Waals surface area contributed by atoms with Crippen molar-refractivity contribution in [1.82, 2.24) is 16.0 Å². The summed E-state index contributed by atoms with van der Waals surface area (Å²) in [5.74, 6) is -5.74. The fourth-order valence-electron chi connectivity index (χ4n) is 2.93. The molecule has 0 aliphatic heterocycles. The molecular formula is C22H37F2N3O7. The molecule has 0 saturated heterocycles. The van der Waals surface area contributed by atoms with Gasteiger partial charge in [-0.25, -0.2) is 18.4 Å². The molecule has 0 bridgehead atoms. The van der Waals surface area contributed by atoms with Crippen LogP contribution in [-0.4, -0.2) is 64.9 Å². The molecule has 0 rings (SSSR count). The second-order valence-electron chi connectivity index (χ2n) is 9.56. The number of carboxylic acid groups (broad SMARTS) is 1. The Labute approximate surface area is 198 Å². The van der Waals surface area contributed by atoms with Gasteiger partial charge in [0.15, 0.2) is 0 Å². The Morgan fingerprint density at radius 2 is 1.41 bits per heavy atom. The second-order valence-corrected chi connectivity index (χ2v) is 9.56. The van der Waals surface area contributed by atoms with E-state index in [-0.39, 0.29) is 18.3 Å². The van der Waals surface area contributed by atoms with Crippen LogP contribution in [0, 0.1) is 11.8 Å². The lowest BCUT2D eigenvalue weighted by Gasteiger charge is -2.29. The molecule has 196 valence electrons. The molecule has 0 aromatic carbocycles. The normalized spacial score (nSPS) is 15.1. The largest absolute Gasteiger partial charge is 0.475 e. The van der Waals surface area contributed by atoms with Gasteiger partial charge in [-0.1, -0.05) is 34.1 Å². The zero-order valence-corrected chi connectivity index (χ0v) is 20.7. The van der Waals surface area contributed by atoms with Crippen molar-refractivity contribution in [1.29, 1.82) is 0 Å². The van der Waals surface area contributed by atoms with Gasteiger partial charge in [-0.2, -0.15) is 0 Å². The van der Waals surface area contributed by atoms with Crippen LogP contribution >= 0.6 is 0 Å². The van der Waals surface area contributed by atoms with Gasteiger partial charge >= 0.3 is 12.1 Å². The first-order valence-corrected chi connectivity index (χ1v) is 11.1. The summed E-state index contributed by atoms with van der Waals surface area (Å²) in [6.45, 7) is 12.0. The van der Waals surface area contributed by atoms with Crippen LogP contribution in [0.2, 0.25) is 0 Å². The predicted molar refractivity (Wildman–Crippen MR) is 119 cm³/mol. The lowest BCUT2D eigenvalue weighted by atomic mass is 9.96.